The molecule has 0 aliphatic carbocycles. The number of hydrogen-bond donors (Lipinski definition) is 3. The van der Waals surface area contributed by atoms with Crippen molar-refractivity contribution in [1.82, 2.24) is 5.32 Å². The van der Waals surface area contributed by atoms with Crippen LogP contribution in [0.5, 0.6) is 11.5 Å². The Morgan fingerprint density at radius 1 is 1.37 bits per heavy atom. The third-order valence-corrected chi connectivity index (χ3v) is 3.25. The van der Waals surface area contributed by atoms with Crippen LogP contribution < -0.4 is 20.5 Å². The van der Waals surface area contributed by atoms with Crippen LogP contribution in [-0.4, -0.2) is 38.0 Å². The second kappa shape index (κ2) is 6.96. The molecular weight excluding hydrogens is 268 g/mol. The second-order valence-electron chi connectivity index (χ2n) is 4.35. The zero-order valence-electron chi connectivity index (χ0n) is 10.7. The summed E-state index contributed by atoms with van der Waals surface area (Å²) in [5.41, 5.74) is 6.68. The third kappa shape index (κ3) is 3.51. The van der Waals surface area contributed by atoms with Crippen molar-refractivity contribution in [1.29, 1.82) is 0 Å². The van der Waals surface area contributed by atoms with Crippen molar-refractivity contribution in [3.63, 3.8) is 0 Å². The van der Waals surface area contributed by atoms with Gasteiger partial charge in [-0.15, -0.1) is 0 Å². The molecule has 0 amide bonds. The van der Waals surface area contributed by atoms with Gasteiger partial charge in [0.2, 0.25) is 0 Å². The van der Waals surface area contributed by atoms with Gasteiger partial charge in [-0.2, -0.15) is 0 Å². The number of halogens is 1. The molecular formula is C13H19ClN2O3. The minimum atomic E-state index is -0.0678. The Labute approximate surface area is 117 Å². The Balaban J connectivity index is 2.26. The van der Waals surface area contributed by atoms with Crippen LogP contribution >= 0.6 is 11.6 Å². The Kier molecular flexibility index (Phi) is 5.27. The van der Waals surface area contributed by atoms with Crippen LogP contribution in [0.2, 0.25) is 5.02 Å². The molecule has 6 heteroatoms. The minimum absolute atomic E-state index is 0.0643. The number of benzene rings is 1. The van der Waals surface area contributed by atoms with E-state index in [1.54, 1.807) is 0 Å². The monoisotopic (exact) mass is 286 g/mol. The standard InChI is InChI=1S/C13H19ClN2O3/c14-10-6-9(11(8-15)16-2-3-17)7-12-13(10)19-5-1-4-18-12/h6-7,11,16-17H,1-5,8,15H2. The molecule has 1 aromatic carbocycles. The fourth-order valence-electron chi connectivity index (χ4n) is 2.03. The van der Waals surface area contributed by atoms with Crippen molar-refractivity contribution in [3.05, 3.63) is 22.7 Å². The number of rotatable bonds is 5. The van der Waals surface area contributed by atoms with E-state index in [0.717, 1.165) is 12.0 Å². The molecule has 1 aliphatic heterocycles. The normalized spacial score (nSPS) is 15.9. The molecule has 0 saturated heterocycles. The molecule has 0 bridgehead atoms. The van der Waals surface area contributed by atoms with E-state index in [0.29, 0.717) is 42.8 Å². The maximum atomic E-state index is 8.87. The molecule has 1 heterocycles. The zero-order valence-corrected chi connectivity index (χ0v) is 11.4. The average Bonchev–Trinajstić information content (AvgIpc) is 2.65. The molecule has 0 spiro atoms. The molecule has 5 nitrogen and oxygen atoms in total. The zero-order chi connectivity index (χ0) is 13.7. The van der Waals surface area contributed by atoms with E-state index in [9.17, 15) is 0 Å². The van der Waals surface area contributed by atoms with Gasteiger partial charge < -0.3 is 25.6 Å². The first kappa shape index (κ1) is 14.4. The first-order valence-electron chi connectivity index (χ1n) is 6.39. The van der Waals surface area contributed by atoms with Crippen LogP contribution in [0.15, 0.2) is 12.1 Å². The van der Waals surface area contributed by atoms with E-state index < -0.39 is 0 Å². The van der Waals surface area contributed by atoms with Crippen LogP contribution in [0.1, 0.15) is 18.0 Å². The van der Waals surface area contributed by atoms with Gasteiger partial charge in [0.05, 0.1) is 24.8 Å². The summed E-state index contributed by atoms with van der Waals surface area (Å²) in [5.74, 6) is 1.25. The molecule has 19 heavy (non-hydrogen) atoms. The highest BCUT2D eigenvalue weighted by atomic mass is 35.5. The highest BCUT2D eigenvalue weighted by Gasteiger charge is 2.18. The van der Waals surface area contributed by atoms with Crippen molar-refractivity contribution >= 4 is 11.6 Å². The number of fused-ring (bicyclic) bond motifs is 1. The number of hydrogen-bond acceptors (Lipinski definition) is 5. The summed E-state index contributed by atoms with van der Waals surface area (Å²) in [7, 11) is 0. The van der Waals surface area contributed by atoms with Gasteiger partial charge >= 0.3 is 0 Å². The summed E-state index contributed by atoms with van der Waals surface area (Å²) in [6.45, 7) is 2.18. The predicted molar refractivity (Wildman–Crippen MR) is 73.9 cm³/mol. The fraction of sp³-hybridized carbons (Fsp3) is 0.538. The summed E-state index contributed by atoms with van der Waals surface area (Å²) in [6, 6.07) is 3.66. The van der Waals surface area contributed by atoms with Crippen LogP contribution in [0, 0.1) is 0 Å². The van der Waals surface area contributed by atoms with Gasteiger partial charge in [0.15, 0.2) is 11.5 Å². The SMILES string of the molecule is NCC(NCCO)c1cc(Cl)c2c(c1)OCCCO2. The molecule has 0 fully saturated rings. The van der Waals surface area contributed by atoms with Crippen molar-refractivity contribution in [2.75, 3.05) is 32.9 Å². The minimum Gasteiger partial charge on any atom is -0.489 e. The number of aliphatic hydroxyl groups excluding tert-OH is 1. The molecule has 1 aliphatic rings. The number of ether oxygens (including phenoxy) is 2. The maximum absolute atomic E-state index is 8.87. The number of aliphatic hydroxyl groups is 1. The van der Waals surface area contributed by atoms with E-state index >= 15 is 0 Å². The van der Waals surface area contributed by atoms with Gasteiger partial charge in [-0.3, -0.25) is 0 Å². The first-order valence-corrected chi connectivity index (χ1v) is 6.77. The first-order chi connectivity index (χ1) is 9.26. The van der Waals surface area contributed by atoms with E-state index in [1.165, 1.54) is 0 Å². The molecule has 0 aromatic heterocycles. The Morgan fingerprint density at radius 3 is 2.89 bits per heavy atom. The summed E-state index contributed by atoms with van der Waals surface area (Å²) < 4.78 is 11.2. The Bertz CT molecular complexity index is 429. The van der Waals surface area contributed by atoms with Crippen molar-refractivity contribution in [2.45, 2.75) is 12.5 Å². The largest absolute Gasteiger partial charge is 0.489 e. The average molecular weight is 287 g/mol. The highest BCUT2D eigenvalue weighted by molar-refractivity contribution is 6.32. The molecule has 4 N–H and O–H groups in total. The van der Waals surface area contributed by atoms with Crippen molar-refractivity contribution in [3.8, 4) is 11.5 Å². The molecule has 1 unspecified atom stereocenters. The lowest BCUT2D eigenvalue weighted by Crippen LogP contribution is -2.30. The van der Waals surface area contributed by atoms with Crippen molar-refractivity contribution < 1.29 is 14.6 Å². The van der Waals surface area contributed by atoms with Crippen LogP contribution in [0.25, 0.3) is 0 Å². The maximum Gasteiger partial charge on any atom is 0.179 e. The second-order valence-corrected chi connectivity index (χ2v) is 4.75. The predicted octanol–water partition coefficient (Wildman–Crippen LogP) is 1.08. The van der Waals surface area contributed by atoms with Gasteiger partial charge in [0, 0.05) is 25.6 Å². The summed E-state index contributed by atoms with van der Waals surface area (Å²) in [5, 5.41) is 12.5. The molecule has 106 valence electrons. The molecule has 1 aromatic rings. The summed E-state index contributed by atoms with van der Waals surface area (Å²) in [6.07, 6.45) is 0.837. The van der Waals surface area contributed by atoms with E-state index in [-0.39, 0.29) is 12.6 Å². The molecule has 1 atom stereocenters. The highest BCUT2D eigenvalue weighted by Crippen LogP contribution is 2.39. The third-order valence-electron chi connectivity index (χ3n) is 2.97. The van der Waals surface area contributed by atoms with Gasteiger partial charge in [0.25, 0.3) is 0 Å². The lowest BCUT2D eigenvalue weighted by molar-refractivity contribution is 0.284. The summed E-state index contributed by atoms with van der Waals surface area (Å²) in [4.78, 5) is 0. The van der Waals surface area contributed by atoms with Crippen LogP contribution in [0.3, 0.4) is 0 Å². The van der Waals surface area contributed by atoms with E-state index in [4.69, 9.17) is 31.9 Å². The molecule has 2 rings (SSSR count). The quantitative estimate of drug-likeness (QED) is 0.755. The fourth-order valence-corrected chi connectivity index (χ4v) is 2.30. The number of nitrogens with two attached hydrogens (primary N) is 1. The lowest BCUT2D eigenvalue weighted by atomic mass is 10.1. The van der Waals surface area contributed by atoms with Crippen LogP contribution in [0.4, 0.5) is 0 Å². The summed E-state index contributed by atoms with van der Waals surface area (Å²) >= 11 is 6.23. The van der Waals surface area contributed by atoms with Gasteiger partial charge in [-0.1, -0.05) is 11.6 Å². The Morgan fingerprint density at radius 2 is 2.16 bits per heavy atom. The van der Waals surface area contributed by atoms with E-state index in [2.05, 4.69) is 5.32 Å². The molecule has 0 radical (unpaired) electrons. The van der Waals surface area contributed by atoms with E-state index in [1.807, 2.05) is 12.1 Å². The van der Waals surface area contributed by atoms with Gasteiger partial charge in [-0.25, -0.2) is 0 Å². The smallest absolute Gasteiger partial charge is 0.179 e. The lowest BCUT2D eigenvalue weighted by Gasteiger charge is -2.19. The topological polar surface area (TPSA) is 76.7 Å². The molecule has 0 saturated carbocycles. The van der Waals surface area contributed by atoms with Crippen molar-refractivity contribution in [2.24, 2.45) is 5.73 Å². The number of nitrogens with one attached hydrogen (secondary N) is 1. The van der Waals surface area contributed by atoms with Gasteiger partial charge in [-0.05, 0) is 17.7 Å². The van der Waals surface area contributed by atoms with Crippen LogP contribution in [-0.2, 0) is 0 Å². The van der Waals surface area contributed by atoms with Gasteiger partial charge in [0.1, 0.15) is 0 Å². The Hall–Kier alpha value is -1.01.